The van der Waals surface area contributed by atoms with E-state index in [1.54, 1.807) is 41.2 Å². The normalized spacial score (nSPS) is 17.0. The molecule has 2 aromatic carbocycles. The lowest BCUT2D eigenvalue weighted by Crippen LogP contribution is -2.54. The number of carbonyl (C=O) groups excluding carboxylic acids is 1. The quantitative estimate of drug-likeness (QED) is 0.0930. The fraction of sp³-hybridized carbons (Fsp3) is 0.438. The van der Waals surface area contributed by atoms with Crippen LogP contribution in [0.1, 0.15) is 37.8 Å². The molecule has 0 aliphatic carbocycles. The molecule has 1 aliphatic rings. The van der Waals surface area contributed by atoms with Crippen molar-refractivity contribution < 1.29 is 38.9 Å². The van der Waals surface area contributed by atoms with Gasteiger partial charge in [-0.1, -0.05) is 30.3 Å². The van der Waals surface area contributed by atoms with E-state index >= 15 is 0 Å². The number of methoxy groups -OCH3 is 2. The minimum atomic E-state index is -1.27. The molecule has 3 rings (SSSR count). The van der Waals surface area contributed by atoms with Gasteiger partial charge in [0.15, 0.2) is 0 Å². The van der Waals surface area contributed by atoms with Gasteiger partial charge in [0.25, 0.3) is 5.69 Å². The summed E-state index contributed by atoms with van der Waals surface area (Å²) >= 11 is 0. The zero-order chi connectivity index (χ0) is 33.3. The maximum atomic E-state index is 13.4. The molecule has 0 spiro atoms. The highest BCUT2D eigenvalue weighted by atomic mass is 16.6. The lowest BCUT2D eigenvalue weighted by Gasteiger charge is -2.36. The van der Waals surface area contributed by atoms with E-state index in [4.69, 9.17) is 14.2 Å². The standard InChI is InChI=1S/C32H42N4O9/c1-7-45-31(40)29-25(34-20(2)27(30(38)39)28(29)22-12-10-13-23(15-22)36(41)42)18-35(4)19-32(3,44-6)33-17-24(37)16-21-11-8-9-14-26(21)43-5/h8-15,24,28,33-34,37H,7,16-19H2,1-6H3,(H,38,39). The SMILES string of the molecule is CCOC(=O)C1=C(CN(C)CC(C)(NCC(O)Cc2ccccc2OC)OC)NC(C)=C(C(=O)O)C1c1cccc([N+](=O)[O-])c1. The molecule has 2 aromatic rings. The van der Waals surface area contributed by atoms with Gasteiger partial charge in [-0.25, -0.2) is 9.59 Å². The number of hydrogen-bond acceptors (Lipinski definition) is 11. The molecule has 13 heteroatoms. The zero-order valence-corrected chi connectivity index (χ0v) is 26.5. The molecule has 0 radical (unpaired) electrons. The number of carboxylic acid groups (broad SMARTS) is 1. The Morgan fingerprint density at radius 2 is 1.89 bits per heavy atom. The van der Waals surface area contributed by atoms with E-state index in [2.05, 4.69) is 10.6 Å². The number of likely N-dealkylation sites (N-methyl/N-ethyl adjacent to an activating group) is 1. The van der Waals surface area contributed by atoms with E-state index in [9.17, 15) is 29.9 Å². The number of nitrogens with zero attached hydrogens (tertiary/aromatic N) is 2. The van der Waals surface area contributed by atoms with Crippen molar-refractivity contribution in [3.05, 3.63) is 92.3 Å². The van der Waals surface area contributed by atoms with E-state index in [1.807, 2.05) is 36.1 Å². The summed E-state index contributed by atoms with van der Waals surface area (Å²) < 4.78 is 16.5. The number of esters is 1. The first-order valence-corrected chi connectivity index (χ1v) is 14.5. The number of benzene rings is 2. The Bertz CT molecular complexity index is 1460. The van der Waals surface area contributed by atoms with Crippen LogP contribution in [0, 0.1) is 10.1 Å². The largest absolute Gasteiger partial charge is 0.496 e. The Hall–Kier alpha value is -4.30. The van der Waals surface area contributed by atoms with Gasteiger partial charge < -0.3 is 29.7 Å². The third-order valence-corrected chi connectivity index (χ3v) is 7.59. The van der Waals surface area contributed by atoms with Crippen LogP contribution in [0.4, 0.5) is 5.69 Å². The van der Waals surface area contributed by atoms with Crippen LogP contribution in [0.25, 0.3) is 0 Å². The molecule has 0 fully saturated rings. The van der Waals surface area contributed by atoms with E-state index in [1.165, 1.54) is 18.2 Å². The smallest absolute Gasteiger partial charge is 0.336 e. The second-order valence-electron chi connectivity index (χ2n) is 11.0. The highest BCUT2D eigenvalue weighted by molar-refractivity contribution is 5.99. The Morgan fingerprint density at radius 1 is 1.18 bits per heavy atom. The second kappa shape index (κ2) is 15.6. The Balaban J connectivity index is 1.89. The molecule has 1 aliphatic heterocycles. The Kier molecular flexibility index (Phi) is 12.2. The lowest BCUT2D eigenvalue weighted by molar-refractivity contribution is -0.384. The van der Waals surface area contributed by atoms with Gasteiger partial charge in [-0.3, -0.25) is 20.3 Å². The highest BCUT2D eigenvalue weighted by Crippen LogP contribution is 2.40. The van der Waals surface area contributed by atoms with Crippen molar-refractivity contribution in [1.82, 2.24) is 15.5 Å². The number of aliphatic hydroxyl groups is 1. The predicted octanol–water partition coefficient (Wildman–Crippen LogP) is 2.95. The summed E-state index contributed by atoms with van der Waals surface area (Å²) in [4.78, 5) is 38.7. The Morgan fingerprint density at radius 3 is 2.51 bits per heavy atom. The maximum absolute atomic E-state index is 13.4. The topological polar surface area (TPSA) is 173 Å². The average molecular weight is 627 g/mol. The summed E-state index contributed by atoms with van der Waals surface area (Å²) in [7, 11) is 4.92. The first-order valence-electron chi connectivity index (χ1n) is 14.5. The number of carbonyl (C=O) groups is 2. The van der Waals surface area contributed by atoms with Gasteiger partial charge in [0, 0.05) is 56.7 Å². The van der Waals surface area contributed by atoms with Crippen molar-refractivity contribution in [2.45, 2.75) is 44.9 Å². The lowest BCUT2D eigenvalue weighted by atomic mass is 9.80. The first-order chi connectivity index (χ1) is 21.3. The number of ether oxygens (including phenoxy) is 3. The van der Waals surface area contributed by atoms with Gasteiger partial charge in [0.1, 0.15) is 11.5 Å². The predicted molar refractivity (Wildman–Crippen MR) is 167 cm³/mol. The number of para-hydroxylation sites is 1. The molecule has 4 N–H and O–H groups in total. The van der Waals surface area contributed by atoms with Crippen molar-refractivity contribution in [2.75, 3.05) is 47.5 Å². The highest BCUT2D eigenvalue weighted by Gasteiger charge is 2.39. The summed E-state index contributed by atoms with van der Waals surface area (Å²) in [5.41, 5.74) is 0.612. The Labute approximate surface area is 262 Å². The van der Waals surface area contributed by atoms with Crippen LogP contribution in [-0.2, 0) is 25.5 Å². The number of non-ortho nitro benzene ring substituents is 1. The number of allylic oxidation sites excluding steroid dienone is 1. The fourth-order valence-corrected chi connectivity index (χ4v) is 5.47. The number of nitro groups is 1. The minimum Gasteiger partial charge on any atom is -0.496 e. The average Bonchev–Trinajstić information content (AvgIpc) is 2.99. The van der Waals surface area contributed by atoms with Crippen LogP contribution < -0.4 is 15.4 Å². The van der Waals surface area contributed by atoms with Gasteiger partial charge >= 0.3 is 11.9 Å². The van der Waals surface area contributed by atoms with Gasteiger partial charge in [-0.2, -0.15) is 0 Å². The monoisotopic (exact) mass is 626 g/mol. The maximum Gasteiger partial charge on any atom is 0.336 e. The number of carboxylic acids is 1. The van der Waals surface area contributed by atoms with E-state index in [-0.39, 0.29) is 42.1 Å². The van der Waals surface area contributed by atoms with Crippen LogP contribution in [0.3, 0.4) is 0 Å². The van der Waals surface area contributed by atoms with Crippen LogP contribution in [0.15, 0.2) is 71.1 Å². The molecular formula is C32H42N4O9. The van der Waals surface area contributed by atoms with Gasteiger partial charge in [-0.05, 0) is 45.0 Å². The molecule has 0 aromatic heterocycles. The molecule has 13 nitrogen and oxygen atoms in total. The number of rotatable bonds is 16. The van der Waals surface area contributed by atoms with Crippen molar-refractivity contribution in [3.8, 4) is 5.75 Å². The van der Waals surface area contributed by atoms with Crippen LogP contribution in [0.2, 0.25) is 0 Å². The van der Waals surface area contributed by atoms with E-state index in [0.717, 1.165) is 5.56 Å². The van der Waals surface area contributed by atoms with Gasteiger partial charge in [0.05, 0.1) is 41.8 Å². The minimum absolute atomic E-state index is 0.0427. The molecular weight excluding hydrogens is 584 g/mol. The van der Waals surface area contributed by atoms with E-state index in [0.29, 0.717) is 30.1 Å². The summed E-state index contributed by atoms with van der Waals surface area (Å²) in [6, 6.07) is 13.1. The molecule has 0 saturated carbocycles. The van der Waals surface area contributed by atoms with Crippen molar-refractivity contribution >= 4 is 17.6 Å². The van der Waals surface area contributed by atoms with Crippen LogP contribution in [0.5, 0.6) is 5.75 Å². The second-order valence-corrected chi connectivity index (χ2v) is 11.0. The number of nitrogens with one attached hydrogen (secondary N) is 2. The molecule has 244 valence electrons. The third-order valence-electron chi connectivity index (χ3n) is 7.59. The summed E-state index contributed by atoms with van der Waals surface area (Å²) in [5, 5.41) is 38.8. The molecule has 0 saturated heterocycles. The van der Waals surface area contributed by atoms with Crippen molar-refractivity contribution in [2.24, 2.45) is 0 Å². The molecule has 0 bridgehead atoms. The molecule has 1 heterocycles. The molecule has 45 heavy (non-hydrogen) atoms. The van der Waals surface area contributed by atoms with Gasteiger partial charge in [-0.15, -0.1) is 0 Å². The number of hydrogen-bond donors (Lipinski definition) is 4. The zero-order valence-electron chi connectivity index (χ0n) is 26.5. The molecule has 3 atom stereocenters. The first kappa shape index (κ1) is 35.2. The van der Waals surface area contributed by atoms with Gasteiger partial charge in [0.2, 0.25) is 0 Å². The fourth-order valence-electron chi connectivity index (χ4n) is 5.47. The summed E-state index contributed by atoms with van der Waals surface area (Å²) in [6.07, 6.45) is -0.375. The summed E-state index contributed by atoms with van der Waals surface area (Å²) in [6.45, 7) is 5.75. The van der Waals surface area contributed by atoms with Crippen molar-refractivity contribution in [3.63, 3.8) is 0 Å². The van der Waals surface area contributed by atoms with Crippen LogP contribution in [-0.4, -0.2) is 91.3 Å². The van der Waals surface area contributed by atoms with E-state index < -0.39 is 34.6 Å². The van der Waals surface area contributed by atoms with Crippen molar-refractivity contribution in [1.29, 1.82) is 0 Å². The van der Waals surface area contributed by atoms with Crippen LogP contribution >= 0.6 is 0 Å². The summed E-state index contributed by atoms with van der Waals surface area (Å²) in [5.74, 6) is -2.43. The number of nitro benzene ring substituents is 1. The number of aliphatic hydroxyl groups excluding tert-OH is 1. The third kappa shape index (κ3) is 8.88. The number of dihydropyridines is 1. The molecule has 3 unspecified atom stereocenters. The number of aliphatic carboxylic acids is 1. The molecule has 0 amide bonds.